The van der Waals surface area contributed by atoms with Crippen LogP contribution in [0, 0.1) is 0 Å². The Morgan fingerprint density at radius 3 is 2.12 bits per heavy atom. The maximum absolute atomic E-state index is 9.70. The van der Waals surface area contributed by atoms with Crippen molar-refractivity contribution in [3.8, 4) is 0 Å². The summed E-state index contributed by atoms with van der Waals surface area (Å²) in [5.41, 5.74) is 0. The van der Waals surface area contributed by atoms with Gasteiger partial charge in [-0.2, -0.15) is 0 Å². The molecule has 16 heavy (non-hydrogen) atoms. The van der Waals surface area contributed by atoms with Crippen molar-refractivity contribution < 1.29 is 19.3 Å². The molecule has 0 aliphatic rings. The average molecular weight is 235 g/mol. The minimum absolute atomic E-state index is 0.382. The second-order valence-corrected chi connectivity index (χ2v) is 3.60. The molecule has 0 amide bonds. The van der Waals surface area contributed by atoms with Crippen LogP contribution in [0.4, 0.5) is 0 Å². The molecule has 0 aromatic carbocycles. The second-order valence-electron chi connectivity index (χ2n) is 3.60. The molecule has 0 aliphatic carbocycles. The first kappa shape index (κ1) is 15.8. The van der Waals surface area contributed by atoms with Gasteiger partial charge in [-0.05, 0) is 6.92 Å². The van der Waals surface area contributed by atoms with Gasteiger partial charge >= 0.3 is 0 Å². The van der Waals surface area contributed by atoms with Crippen LogP contribution < -0.4 is 0 Å². The molecule has 0 aliphatic heterocycles. The Morgan fingerprint density at radius 1 is 1.12 bits per heavy atom. The van der Waals surface area contributed by atoms with E-state index in [4.69, 9.17) is 14.2 Å². The normalized spacial score (nSPS) is 13.3. The van der Waals surface area contributed by atoms with Gasteiger partial charge in [0.25, 0.3) is 0 Å². The lowest BCUT2D eigenvalue weighted by Crippen LogP contribution is -2.38. The first-order valence-electron chi connectivity index (χ1n) is 5.70. The monoisotopic (exact) mass is 235 g/mol. The van der Waals surface area contributed by atoms with Gasteiger partial charge in [-0.15, -0.1) is 0 Å². The maximum Gasteiger partial charge on any atom is 0.0900 e. The lowest BCUT2D eigenvalue weighted by Gasteiger charge is -2.24. The van der Waals surface area contributed by atoms with Crippen LogP contribution >= 0.6 is 0 Å². The van der Waals surface area contributed by atoms with Gasteiger partial charge in [0.2, 0.25) is 0 Å². The third kappa shape index (κ3) is 9.06. The number of ether oxygens (including phenoxy) is 3. The Balaban J connectivity index is 3.78. The van der Waals surface area contributed by atoms with Gasteiger partial charge in [0, 0.05) is 40.5 Å². The van der Waals surface area contributed by atoms with Gasteiger partial charge in [-0.25, -0.2) is 0 Å². The van der Waals surface area contributed by atoms with Crippen molar-refractivity contribution in [2.75, 3.05) is 60.3 Å². The summed E-state index contributed by atoms with van der Waals surface area (Å²) in [6.45, 7) is 6.43. The van der Waals surface area contributed by atoms with Gasteiger partial charge in [0.05, 0.1) is 25.9 Å². The Morgan fingerprint density at radius 2 is 1.69 bits per heavy atom. The Bertz CT molecular complexity index is 138. The third-order valence-corrected chi connectivity index (χ3v) is 2.21. The van der Waals surface area contributed by atoms with Crippen LogP contribution in [0.15, 0.2) is 0 Å². The van der Waals surface area contributed by atoms with E-state index in [0.29, 0.717) is 33.0 Å². The molecule has 0 saturated carbocycles. The van der Waals surface area contributed by atoms with Crippen molar-refractivity contribution >= 4 is 0 Å². The molecule has 5 heteroatoms. The zero-order valence-electron chi connectivity index (χ0n) is 10.6. The molecule has 0 radical (unpaired) electrons. The summed E-state index contributed by atoms with van der Waals surface area (Å²) >= 11 is 0. The lowest BCUT2D eigenvalue weighted by atomic mass is 10.3. The van der Waals surface area contributed by atoms with E-state index in [2.05, 4.69) is 4.90 Å². The minimum Gasteiger partial charge on any atom is -0.389 e. The number of nitrogens with zero attached hydrogens (tertiary/aromatic N) is 1. The zero-order valence-corrected chi connectivity index (χ0v) is 10.6. The molecule has 1 atom stereocenters. The van der Waals surface area contributed by atoms with E-state index in [1.54, 1.807) is 14.2 Å². The van der Waals surface area contributed by atoms with Gasteiger partial charge in [0.1, 0.15) is 0 Å². The molecule has 0 rings (SSSR count). The molecule has 0 saturated heterocycles. The smallest absolute Gasteiger partial charge is 0.0900 e. The van der Waals surface area contributed by atoms with Crippen molar-refractivity contribution in [1.82, 2.24) is 4.90 Å². The van der Waals surface area contributed by atoms with Crippen LogP contribution in [0.5, 0.6) is 0 Å². The highest BCUT2D eigenvalue weighted by atomic mass is 16.5. The van der Waals surface area contributed by atoms with E-state index in [-0.39, 0.29) is 0 Å². The summed E-state index contributed by atoms with van der Waals surface area (Å²) < 4.78 is 15.2. The fourth-order valence-electron chi connectivity index (χ4n) is 1.34. The fourth-order valence-corrected chi connectivity index (χ4v) is 1.34. The predicted octanol–water partition coefficient (Wildman–Crippen LogP) is -0.0214. The highest BCUT2D eigenvalue weighted by Crippen LogP contribution is 1.95. The first-order chi connectivity index (χ1) is 7.74. The molecule has 1 unspecified atom stereocenters. The van der Waals surface area contributed by atoms with Crippen molar-refractivity contribution in [1.29, 1.82) is 0 Å². The molecule has 1 N–H and O–H groups in total. The summed E-state index contributed by atoms with van der Waals surface area (Å²) in [4.78, 5) is 2.11. The standard InChI is InChI=1S/C11H25NO4/c1-4-16-10-11(13)9-12(5-7-14-2)6-8-15-3/h11,13H,4-10H2,1-3H3. The number of aliphatic hydroxyl groups is 1. The van der Waals surface area contributed by atoms with Crippen LogP contribution in [0.3, 0.4) is 0 Å². The molecular weight excluding hydrogens is 210 g/mol. The molecule has 5 nitrogen and oxygen atoms in total. The van der Waals surface area contributed by atoms with Crippen LogP contribution in [0.25, 0.3) is 0 Å². The molecular formula is C11H25NO4. The van der Waals surface area contributed by atoms with Gasteiger partial charge in [0.15, 0.2) is 0 Å². The number of aliphatic hydroxyl groups excluding tert-OH is 1. The highest BCUT2D eigenvalue weighted by molar-refractivity contribution is 4.64. The van der Waals surface area contributed by atoms with E-state index < -0.39 is 6.10 Å². The van der Waals surface area contributed by atoms with Gasteiger partial charge in [-0.3, -0.25) is 4.90 Å². The maximum atomic E-state index is 9.70. The minimum atomic E-state index is -0.450. The quantitative estimate of drug-likeness (QED) is 0.545. The van der Waals surface area contributed by atoms with E-state index in [1.165, 1.54) is 0 Å². The lowest BCUT2D eigenvalue weighted by molar-refractivity contribution is 0.0117. The van der Waals surface area contributed by atoms with E-state index in [9.17, 15) is 5.11 Å². The van der Waals surface area contributed by atoms with Crippen LogP contribution in [0.1, 0.15) is 6.92 Å². The van der Waals surface area contributed by atoms with Gasteiger partial charge < -0.3 is 19.3 Å². The van der Waals surface area contributed by atoms with Crippen LogP contribution in [-0.4, -0.2) is 76.4 Å². The third-order valence-electron chi connectivity index (χ3n) is 2.21. The topological polar surface area (TPSA) is 51.2 Å². The average Bonchev–Trinajstić information content (AvgIpc) is 2.30. The van der Waals surface area contributed by atoms with E-state index >= 15 is 0 Å². The second kappa shape index (κ2) is 11.3. The molecule has 0 fully saturated rings. The SMILES string of the molecule is CCOCC(O)CN(CCOC)CCOC. The van der Waals surface area contributed by atoms with Crippen molar-refractivity contribution in [2.24, 2.45) is 0 Å². The summed E-state index contributed by atoms with van der Waals surface area (Å²) in [7, 11) is 3.34. The summed E-state index contributed by atoms with van der Waals surface area (Å²) in [5, 5.41) is 9.70. The van der Waals surface area contributed by atoms with Crippen molar-refractivity contribution in [2.45, 2.75) is 13.0 Å². The Kier molecular flexibility index (Phi) is 11.1. The Labute approximate surface area is 98.3 Å². The molecule has 0 bridgehead atoms. The number of methoxy groups -OCH3 is 2. The number of hydrogen-bond acceptors (Lipinski definition) is 5. The van der Waals surface area contributed by atoms with Crippen molar-refractivity contribution in [3.05, 3.63) is 0 Å². The van der Waals surface area contributed by atoms with Crippen molar-refractivity contribution in [3.63, 3.8) is 0 Å². The highest BCUT2D eigenvalue weighted by Gasteiger charge is 2.11. The van der Waals surface area contributed by atoms with Gasteiger partial charge in [-0.1, -0.05) is 0 Å². The summed E-state index contributed by atoms with van der Waals surface area (Å²) in [6, 6.07) is 0. The largest absolute Gasteiger partial charge is 0.389 e. The van der Waals surface area contributed by atoms with Crippen LogP contribution in [-0.2, 0) is 14.2 Å². The fraction of sp³-hybridized carbons (Fsp3) is 1.00. The zero-order chi connectivity index (χ0) is 12.2. The number of rotatable bonds is 11. The summed E-state index contributed by atoms with van der Waals surface area (Å²) in [6.07, 6.45) is -0.450. The van der Waals surface area contributed by atoms with E-state index in [1.807, 2.05) is 6.92 Å². The molecule has 0 aromatic rings. The molecule has 98 valence electrons. The predicted molar refractivity (Wildman–Crippen MR) is 62.7 cm³/mol. The van der Waals surface area contributed by atoms with Crippen LogP contribution in [0.2, 0.25) is 0 Å². The molecule has 0 spiro atoms. The number of hydrogen-bond donors (Lipinski definition) is 1. The van der Waals surface area contributed by atoms with E-state index in [0.717, 1.165) is 13.1 Å². The Hall–Kier alpha value is -0.200. The molecule has 0 heterocycles. The summed E-state index contributed by atoms with van der Waals surface area (Å²) in [5.74, 6) is 0. The first-order valence-corrected chi connectivity index (χ1v) is 5.70. The molecule has 0 aromatic heterocycles.